The van der Waals surface area contributed by atoms with Gasteiger partial charge in [0.05, 0.1) is 12.2 Å². The molecule has 0 aliphatic heterocycles. The van der Waals surface area contributed by atoms with Crippen molar-refractivity contribution in [3.8, 4) is 0 Å². The van der Waals surface area contributed by atoms with Crippen LogP contribution in [0.2, 0.25) is 0 Å². The van der Waals surface area contributed by atoms with Crippen LogP contribution in [0.1, 0.15) is 16.1 Å². The van der Waals surface area contributed by atoms with Gasteiger partial charge in [0.1, 0.15) is 5.56 Å². The van der Waals surface area contributed by atoms with Crippen LogP contribution in [-0.2, 0) is 6.54 Å². The van der Waals surface area contributed by atoms with Gasteiger partial charge in [-0.05, 0) is 18.2 Å². The Morgan fingerprint density at radius 3 is 2.76 bits per heavy atom. The number of carbonyl (C=O) groups is 1. The minimum Gasteiger partial charge on any atom is -0.477 e. The van der Waals surface area contributed by atoms with Crippen LogP contribution in [0, 0.1) is 0 Å². The van der Waals surface area contributed by atoms with E-state index >= 15 is 0 Å². The summed E-state index contributed by atoms with van der Waals surface area (Å²) in [6, 6.07) is 6.46. The van der Waals surface area contributed by atoms with E-state index in [4.69, 9.17) is 5.11 Å². The second kappa shape index (κ2) is 4.56. The highest BCUT2D eigenvalue weighted by atomic mass is 16.4. The number of carboxylic acids is 1. The molecule has 0 saturated carbocycles. The van der Waals surface area contributed by atoms with Gasteiger partial charge in [-0.25, -0.2) is 9.48 Å². The summed E-state index contributed by atoms with van der Waals surface area (Å²) in [7, 11) is 0. The van der Waals surface area contributed by atoms with Gasteiger partial charge in [-0.15, -0.1) is 0 Å². The van der Waals surface area contributed by atoms with Gasteiger partial charge < -0.3 is 5.11 Å². The number of nitrogens with zero attached hydrogens (tertiary/aromatic N) is 3. The van der Waals surface area contributed by atoms with Gasteiger partial charge in [0.15, 0.2) is 0 Å². The monoisotopic (exact) mass is 231 g/mol. The third-order valence-corrected chi connectivity index (χ3v) is 2.18. The Labute approximate surface area is 96.2 Å². The number of pyridine rings is 1. The zero-order chi connectivity index (χ0) is 12.3. The molecule has 6 nitrogen and oxygen atoms in total. The standard InChI is InChI=1S/C11H9N3O3/c15-10-9(11(16)17)4-6-13-14(10)7-8-3-1-2-5-12-8/h1-6H,7H2,(H,16,17). The van der Waals surface area contributed by atoms with Crippen molar-refractivity contribution in [3.05, 3.63) is 58.3 Å². The van der Waals surface area contributed by atoms with Crippen LogP contribution in [0.3, 0.4) is 0 Å². The van der Waals surface area contributed by atoms with Crippen LogP contribution in [0.4, 0.5) is 0 Å². The Morgan fingerprint density at radius 2 is 2.12 bits per heavy atom. The summed E-state index contributed by atoms with van der Waals surface area (Å²) < 4.78 is 1.08. The third kappa shape index (κ3) is 2.36. The quantitative estimate of drug-likeness (QED) is 0.825. The lowest BCUT2D eigenvalue weighted by Gasteiger charge is -2.03. The van der Waals surface area contributed by atoms with Crippen LogP contribution >= 0.6 is 0 Å². The van der Waals surface area contributed by atoms with Crippen LogP contribution in [-0.4, -0.2) is 25.8 Å². The number of rotatable bonds is 3. The van der Waals surface area contributed by atoms with Crippen LogP contribution < -0.4 is 5.56 Å². The van der Waals surface area contributed by atoms with Crippen molar-refractivity contribution in [1.82, 2.24) is 14.8 Å². The molecule has 6 heteroatoms. The predicted octanol–water partition coefficient (Wildman–Crippen LogP) is 0.385. The van der Waals surface area contributed by atoms with Crippen LogP contribution in [0.15, 0.2) is 41.5 Å². The molecule has 0 aliphatic carbocycles. The van der Waals surface area contributed by atoms with E-state index in [2.05, 4.69) is 10.1 Å². The van der Waals surface area contributed by atoms with Gasteiger partial charge in [0.2, 0.25) is 0 Å². The zero-order valence-corrected chi connectivity index (χ0v) is 8.78. The van der Waals surface area contributed by atoms with Crippen molar-refractivity contribution in [2.75, 3.05) is 0 Å². The Hall–Kier alpha value is -2.50. The fraction of sp³-hybridized carbons (Fsp3) is 0.0909. The van der Waals surface area contributed by atoms with Crippen molar-refractivity contribution in [3.63, 3.8) is 0 Å². The average molecular weight is 231 g/mol. The van der Waals surface area contributed by atoms with Crippen LogP contribution in [0.5, 0.6) is 0 Å². The lowest BCUT2D eigenvalue weighted by Crippen LogP contribution is -2.28. The molecule has 0 bridgehead atoms. The topological polar surface area (TPSA) is 85.1 Å². The first-order valence-electron chi connectivity index (χ1n) is 4.88. The lowest BCUT2D eigenvalue weighted by molar-refractivity contribution is 0.0693. The third-order valence-electron chi connectivity index (χ3n) is 2.18. The summed E-state index contributed by atoms with van der Waals surface area (Å²) in [4.78, 5) is 26.5. The number of aromatic carboxylic acids is 1. The smallest absolute Gasteiger partial charge is 0.341 e. The maximum absolute atomic E-state index is 11.7. The maximum Gasteiger partial charge on any atom is 0.341 e. The summed E-state index contributed by atoms with van der Waals surface area (Å²) in [5, 5.41) is 12.6. The highest BCUT2D eigenvalue weighted by Gasteiger charge is 2.11. The number of aromatic nitrogens is 3. The first-order chi connectivity index (χ1) is 8.18. The molecular formula is C11H9N3O3. The molecule has 0 unspecified atom stereocenters. The molecule has 0 saturated heterocycles. The molecule has 0 aromatic carbocycles. The van der Waals surface area contributed by atoms with E-state index in [-0.39, 0.29) is 12.1 Å². The van der Waals surface area contributed by atoms with Gasteiger partial charge in [-0.1, -0.05) is 6.07 Å². The highest BCUT2D eigenvalue weighted by molar-refractivity contribution is 5.86. The molecule has 0 atom stereocenters. The number of carboxylic acid groups (broad SMARTS) is 1. The molecule has 2 rings (SSSR count). The largest absolute Gasteiger partial charge is 0.477 e. The zero-order valence-electron chi connectivity index (χ0n) is 8.78. The molecule has 0 aliphatic rings. The van der Waals surface area contributed by atoms with Gasteiger partial charge in [0.25, 0.3) is 5.56 Å². The highest BCUT2D eigenvalue weighted by Crippen LogP contribution is 1.96. The summed E-state index contributed by atoms with van der Waals surface area (Å²) in [6.45, 7) is 0.154. The molecule has 2 aromatic rings. The summed E-state index contributed by atoms with van der Waals surface area (Å²) in [5.74, 6) is -1.26. The van der Waals surface area contributed by atoms with Crippen molar-refractivity contribution in [2.45, 2.75) is 6.54 Å². The molecule has 17 heavy (non-hydrogen) atoms. The van der Waals surface area contributed by atoms with Crippen molar-refractivity contribution >= 4 is 5.97 Å². The molecule has 0 amide bonds. The molecular weight excluding hydrogens is 222 g/mol. The molecule has 86 valence electrons. The minimum atomic E-state index is -1.26. The molecule has 2 heterocycles. The van der Waals surface area contributed by atoms with Crippen molar-refractivity contribution < 1.29 is 9.90 Å². The van der Waals surface area contributed by atoms with E-state index in [1.807, 2.05) is 0 Å². The molecule has 0 fully saturated rings. The fourth-order valence-electron chi connectivity index (χ4n) is 1.37. The van der Waals surface area contributed by atoms with E-state index < -0.39 is 11.5 Å². The SMILES string of the molecule is O=C(O)c1ccnn(Cc2ccccn2)c1=O. The van der Waals surface area contributed by atoms with E-state index in [1.54, 1.807) is 24.4 Å². The molecule has 0 radical (unpaired) electrons. The van der Waals surface area contributed by atoms with E-state index in [0.717, 1.165) is 4.68 Å². The van der Waals surface area contributed by atoms with Crippen LogP contribution in [0.25, 0.3) is 0 Å². The number of hydrogen-bond donors (Lipinski definition) is 1. The van der Waals surface area contributed by atoms with Gasteiger partial charge in [0, 0.05) is 12.4 Å². The first-order valence-corrected chi connectivity index (χ1v) is 4.88. The fourth-order valence-corrected chi connectivity index (χ4v) is 1.37. The Balaban J connectivity index is 2.38. The molecule has 2 aromatic heterocycles. The predicted molar refractivity (Wildman–Crippen MR) is 58.8 cm³/mol. The lowest BCUT2D eigenvalue weighted by atomic mass is 10.3. The maximum atomic E-state index is 11.7. The second-order valence-electron chi connectivity index (χ2n) is 3.33. The second-order valence-corrected chi connectivity index (χ2v) is 3.33. The van der Waals surface area contributed by atoms with Crippen molar-refractivity contribution in [1.29, 1.82) is 0 Å². The van der Waals surface area contributed by atoms with Gasteiger partial charge >= 0.3 is 5.97 Å². The Kier molecular flexibility index (Phi) is 2.95. The summed E-state index contributed by atoms with van der Waals surface area (Å²) in [5.41, 5.74) is -0.286. The molecule has 1 N–H and O–H groups in total. The Bertz CT molecular complexity index is 592. The van der Waals surface area contributed by atoms with E-state index in [1.165, 1.54) is 12.3 Å². The summed E-state index contributed by atoms with van der Waals surface area (Å²) in [6.07, 6.45) is 2.88. The average Bonchev–Trinajstić information content (AvgIpc) is 2.33. The number of hydrogen-bond acceptors (Lipinski definition) is 4. The van der Waals surface area contributed by atoms with E-state index in [0.29, 0.717) is 5.69 Å². The Morgan fingerprint density at radius 1 is 1.29 bits per heavy atom. The van der Waals surface area contributed by atoms with Gasteiger partial charge in [-0.3, -0.25) is 9.78 Å². The van der Waals surface area contributed by atoms with Crippen molar-refractivity contribution in [2.24, 2.45) is 0 Å². The first kappa shape index (κ1) is 11.0. The summed E-state index contributed by atoms with van der Waals surface area (Å²) >= 11 is 0. The van der Waals surface area contributed by atoms with E-state index in [9.17, 15) is 9.59 Å². The van der Waals surface area contributed by atoms with Gasteiger partial charge in [-0.2, -0.15) is 5.10 Å². The minimum absolute atomic E-state index is 0.154. The molecule has 0 spiro atoms. The normalized spacial score (nSPS) is 10.1.